The molecule has 6 nitrogen and oxygen atoms in total. The Kier molecular flexibility index (Phi) is 7.37. The van der Waals surface area contributed by atoms with E-state index in [9.17, 15) is 13.6 Å². The SMILES string of the molecule is Cc1ccc(NC(=O)NCc2nccn2CCc2ccccc2)cc1OCC(F)F. The molecule has 30 heavy (non-hydrogen) atoms. The summed E-state index contributed by atoms with van der Waals surface area (Å²) in [6, 6.07) is 14.6. The number of amides is 2. The van der Waals surface area contributed by atoms with Crippen LogP contribution in [0.3, 0.4) is 0 Å². The minimum absolute atomic E-state index is 0.258. The molecule has 8 heteroatoms. The molecule has 0 unspecified atom stereocenters. The number of carbonyl (C=O) groups is 1. The summed E-state index contributed by atoms with van der Waals surface area (Å²) in [7, 11) is 0. The summed E-state index contributed by atoms with van der Waals surface area (Å²) in [5.74, 6) is 1.05. The van der Waals surface area contributed by atoms with E-state index in [-0.39, 0.29) is 6.54 Å². The van der Waals surface area contributed by atoms with Crippen molar-refractivity contribution in [2.24, 2.45) is 0 Å². The Morgan fingerprint density at radius 2 is 2.00 bits per heavy atom. The van der Waals surface area contributed by atoms with Crippen molar-refractivity contribution < 1.29 is 18.3 Å². The molecule has 0 radical (unpaired) electrons. The maximum Gasteiger partial charge on any atom is 0.319 e. The molecule has 2 amide bonds. The van der Waals surface area contributed by atoms with Crippen molar-refractivity contribution in [2.45, 2.75) is 32.9 Å². The number of carbonyl (C=O) groups excluding carboxylic acids is 1. The average Bonchev–Trinajstić information content (AvgIpc) is 3.19. The summed E-state index contributed by atoms with van der Waals surface area (Å²) in [5, 5.41) is 5.44. The van der Waals surface area contributed by atoms with Crippen LogP contribution in [0.25, 0.3) is 0 Å². The van der Waals surface area contributed by atoms with Gasteiger partial charge in [0.15, 0.2) is 0 Å². The van der Waals surface area contributed by atoms with E-state index in [2.05, 4.69) is 27.8 Å². The van der Waals surface area contributed by atoms with Gasteiger partial charge in [-0.1, -0.05) is 36.4 Å². The predicted octanol–water partition coefficient (Wildman–Crippen LogP) is 4.40. The molecule has 2 N–H and O–H groups in total. The summed E-state index contributed by atoms with van der Waals surface area (Å²) < 4.78 is 31.8. The lowest BCUT2D eigenvalue weighted by Gasteiger charge is -2.13. The van der Waals surface area contributed by atoms with E-state index in [0.29, 0.717) is 17.0 Å². The smallest absolute Gasteiger partial charge is 0.319 e. The van der Waals surface area contributed by atoms with Gasteiger partial charge in [-0.2, -0.15) is 0 Å². The summed E-state index contributed by atoms with van der Waals surface area (Å²) in [4.78, 5) is 16.5. The second-order valence-corrected chi connectivity index (χ2v) is 6.76. The summed E-state index contributed by atoms with van der Waals surface area (Å²) >= 11 is 0. The molecule has 0 atom stereocenters. The molecule has 0 bridgehead atoms. The molecular weight excluding hydrogens is 390 g/mol. The Bertz CT molecular complexity index is 961. The van der Waals surface area contributed by atoms with Gasteiger partial charge in [-0.3, -0.25) is 0 Å². The zero-order chi connectivity index (χ0) is 21.3. The highest BCUT2D eigenvalue weighted by Crippen LogP contribution is 2.23. The second kappa shape index (κ2) is 10.4. The zero-order valence-corrected chi connectivity index (χ0v) is 16.6. The maximum atomic E-state index is 12.4. The van der Waals surface area contributed by atoms with E-state index >= 15 is 0 Å². The van der Waals surface area contributed by atoms with Gasteiger partial charge in [0.25, 0.3) is 6.43 Å². The molecule has 158 valence electrons. The number of nitrogens with zero attached hydrogens (tertiary/aromatic N) is 2. The fraction of sp³-hybridized carbons (Fsp3) is 0.273. The first-order valence-electron chi connectivity index (χ1n) is 9.61. The number of rotatable bonds is 9. The molecule has 1 heterocycles. The topological polar surface area (TPSA) is 68.2 Å². The van der Waals surface area contributed by atoms with Crippen molar-refractivity contribution in [1.82, 2.24) is 14.9 Å². The number of nitrogens with one attached hydrogen (secondary N) is 2. The first-order chi connectivity index (χ1) is 14.5. The van der Waals surface area contributed by atoms with Crippen LogP contribution in [0.2, 0.25) is 0 Å². The Morgan fingerprint density at radius 1 is 1.20 bits per heavy atom. The van der Waals surface area contributed by atoms with Crippen LogP contribution in [0.5, 0.6) is 5.75 Å². The number of benzene rings is 2. The lowest BCUT2D eigenvalue weighted by atomic mass is 10.1. The van der Waals surface area contributed by atoms with E-state index in [4.69, 9.17) is 4.74 Å². The number of alkyl halides is 2. The number of aryl methyl sites for hydroxylation is 3. The monoisotopic (exact) mass is 414 g/mol. The van der Waals surface area contributed by atoms with Crippen LogP contribution in [-0.4, -0.2) is 28.6 Å². The van der Waals surface area contributed by atoms with Gasteiger partial charge in [0, 0.05) is 30.7 Å². The third-order valence-corrected chi connectivity index (χ3v) is 4.50. The number of hydrogen-bond acceptors (Lipinski definition) is 3. The molecule has 0 saturated carbocycles. The van der Waals surface area contributed by atoms with Crippen molar-refractivity contribution >= 4 is 11.7 Å². The highest BCUT2D eigenvalue weighted by molar-refractivity contribution is 5.89. The standard InChI is InChI=1S/C22H24F2N4O2/c1-16-7-8-18(13-19(16)30-15-20(23)24)27-22(29)26-14-21-25-10-12-28(21)11-9-17-5-3-2-4-6-17/h2-8,10,12-13,20H,9,11,14-15H2,1H3,(H2,26,27,29). The molecular formula is C22H24F2N4O2. The number of urea groups is 1. The number of aromatic nitrogens is 2. The van der Waals surface area contributed by atoms with Crippen LogP contribution in [0.1, 0.15) is 17.0 Å². The Balaban J connectivity index is 1.52. The van der Waals surface area contributed by atoms with E-state index in [0.717, 1.165) is 18.8 Å². The highest BCUT2D eigenvalue weighted by atomic mass is 19.3. The molecule has 0 aliphatic rings. The van der Waals surface area contributed by atoms with Crippen molar-refractivity contribution in [1.29, 1.82) is 0 Å². The quantitative estimate of drug-likeness (QED) is 0.545. The van der Waals surface area contributed by atoms with Crippen LogP contribution in [0.15, 0.2) is 60.9 Å². The van der Waals surface area contributed by atoms with Gasteiger partial charge in [-0.15, -0.1) is 0 Å². The van der Waals surface area contributed by atoms with Crippen LogP contribution < -0.4 is 15.4 Å². The number of ether oxygens (including phenoxy) is 1. The van der Waals surface area contributed by atoms with Gasteiger partial charge in [-0.05, 0) is 30.5 Å². The van der Waals surface area contributed by atoms with Crippen molar-refractivity contribution in [3.63, 3.8) is 0 Å². The van der Waals surface area contributed by atoms with Crippen LogP contribution >= 0.6 is 0 Å². The third-order valence-electron chi connectivity index (χ3n) is 4.50. The molecule has 0 saturated heterocycles. The lowest BCUT2D eigenvalue weighted by molar-refractivity contribution is 0.0816. The van der Waals surface area contributed by atoms with Gasteiger partial charge >= 0.3 is 6.03 Å². The minimum Gasteiger partial charge on any atom is -0.487 e. The minimum atomic E-state index is -2.56. The number of halogens is 2. The van der Waals surface area contributed by atoms with E-state index in [1.165, 1.54) is 11.6 Å². The maximum absolute atomic E-state index is 12.4. The molecule has 2 aromatic carbocycles. The van der Waals surface area contributed by atoms with Gasteiger partial charge in [0.2, 0.25) is 0 Å². The van der Waals surface area contributed by atoms with Crippen molar-refractivity contribution in [2.75, 3.05) is 11.9 Å². The largest absolute Gasteiger partial charge is 0.487 e. The molecule has 1 aromatic heterocycles. The lowest BCUT2D eigenvalue weighted by Crippen LogP contribution is -2.29. The van der Waals surface area contributed by atoms with E-state index in [1.807, 2.05) is 29.0 Å². The van der Waals surface area contributed by atoms with Crippen LogP contribution in [-0.2, 0) is 19.5 Å². The second-order valence-electron chi connectivity index (χ2n) is 6.76. The molecule has 0 aliphatic carbocycles. The zero-order valence-electron chi connectivity index (χ0n) is 16.6. The van der Waals surface area contributed by atoms with Gasteiger partial charge in [-0.25, -0.2) is 18.6 Å². The van der Waals surface area contributed by atoms with Crippen LogP contribution in [0, 0.1) is 6.92 Å². The molecule has 0 spiro atoms. The van der Waals surface area contributed by atoms with E-state index < -0.39 is 19.1 Å². The van der Waals surface area contributed by atoms with Crippen molar-refractivity contribution in [3.05, 3.63) is 77.9 Å². The van der Waals surface area contributed by atoms with Crippen molar-refractivity contribution in [3.8, 4) is 5.75 Å². The highest BCUT2D eigenvalue weighted by Gasteiger charge is 2.10. The molecule has 3 rings (SSSR count). The third kappa shape index (κ3) is 6.30. The normalized spacial score (nSPS) is 10.8. The molecule has 0 fully saturated rings. The molecule has 3 aromatic rings. The fourth-order valence-electron chi connectivity index (χ4n) is 2.93. The number of anilines is 1. The van der Waals surface area contributed by atoms with E-state index in [1.54, 1.807) is 25.3 Å². The van der Waals surface area contributed by atoms with Gasteiger partial charge in [0.05, 0.1) is 6.54 Å². The Morgan fingerprint density at radius 3 is 2.77 bits per heavy atom. The average molecular weight is 414 g/mol. The van der Waals surface area contributed by atoms with Crippen LogP contribution in [0.4, 0.5) is 19.3 Å². The first-order valence-corrected chi connectivity index (χ1v) is 9.61. The molecule has 0 aliphatic heterocycles. The predicted molar refractivity (Wildman–Crippen MR) is 111 cm³/mol. The van der Waals surface area contributed by atoms with Gasteiger partial charge < -0.3 is 19.9 Å². The Labute approximate surface area is 173 Å². The van der Waals surface area contributed by atoms with Gasteiger partial charge in [0.1, 0.15) is 18.2 Å². The Hall–Kier alpha value is -3.42. The summed E-state index contributed by atoms with van der Waals surface area (Å²) in [5.41, 5.74) is 2.39. The first kappa shape index (κ1) is 21.3. The fourth-order valence-corrected chi connectivity index (χ4v) is 2.93. The number of hydrogen-bond donors (Lipinski definition) is 2. The summed E-state index contributed by atoms with van der Waals surface area (Å²) in [6.07, 6.45) is 1.88. The summed E-state index contributed by atoms with van der Waals surface area (Å²) in [6.45, 7) is 2.07. The number of imidazole rings is 1.